The van der Waals surface area contributed by atoms with E-state index in [1.54, 1.807) is 0 Å². The topological polar surface area (TPSA) is 233 Å². The van der Waals surface area contributed by atoms with Crippen molar-refractivity contribution in [2.24, 2.45) is 52.3 Å². The van der Waals surface area contributed by atoms with Crippen LogP contribution >= 0.6 is 0 Å². The Morgan fingerprint density at radius 1 is 0.940 bits per heavy atom. The Bertz CT molecular complexity index is 1320. The summed E-state index contributed by atoms with van der Waals surface area (Å²) < 4.78 is 53.7. The Hall–Kier alpha value is -0.790. The van der Waals surface area contributed by atoms with E-state index in [0.717, 1.165) is 0 Å². The average molecular weight is 737 g/mol. The molecule has 1 heterocycles. The Morgan fingerprint density at radius 2 is 1.60 bits per heavy atom. The van der Waals surface area contributed by atoms with Gasteiger partial charge in [0.25, 0.3) is 0 Å². The van der Waals surface area contributed by atoms with Crippen molar-refractivity contribution in [3.05, 3.63) is 12.2 Å². The molecule has 0 aromatic carbocycles. The van der Waals surface area contributed by atoms with Gasteiger partial charge < -0.3 is 50.0 Å². The number of hydrogen-bond acceptors (Lipinski definition) is 13. The smallest absolute Gasteiger partial charge is 0.393 e. The predicted molar refractivity (Wildman–Crippen MR) is 178 cm³/mol. The van der Waals surface area contributed by atoms with Crippen LogP contribution in [0.15, 0.2) is 12.2 Å². The van der Waals surface area contributed by atoms with Crippen molar-refractivity contribution < 1.29 is 67.1 Å². The number of ether oxygens (including phenoxy) is 3. The summed E-state index contributed by atoms with van der Waals surface area (Å²) in [4.78, 5) is 0. The number of hydrogen-bond donors (Lipinski definition) is 8. The molecule has 290 valence electrons. The van der Waals surface area contributed by atoms with E-state index in [0.29, 0.717) is 38.5 Å². The zero-order chi connectivity index (χ0) is 37.1. The number of aliphatic hydroxyl groups is 7. The lowest BCUT2D eigenvalue weighted by molar-refractivity contribution is -0.309. The molecule has 19 atom stereocenters. The van der Waals surface area contributed by atoms with E-state index < -0.39 is 106 Å². The molecule has 0 radical (unpaired) electrons. The molecule has 0 spiro atoms. The second kappa shape index (κ2) is 14.8. The Balaban J connectivity index is 1.31. The van der Waals surface area contributed by atoms with E-state index in [9.17, 15) is 48.7 Å². The van der Waals surface area contributed by atoms with Crippen LogP contribution in [0.1, 0.15) is 73.1 Å². The van der Waals surface area contributed by atoms with Crippen LogP contribution in [0.4, 0.5) is 0 Å². The summed E-state index contributed by atoms with van der Waals surface area (Å²) in [5.74, 6) is -2.60. The van der Waals surface area contributed by atoms with Gasteiger partial charge in [-0.15, -0.1) is 0 Å². The van der Waals surface area contributed by atoms with Gasteiger partial charge in [0.05, 0.1) is 37.6 Å². The van der Waals surface area contributed by atoms with E-state index in [4.69, 9.17) is 18.4 Å². The third-order valence-electron chi connectivity index (χ3n) is 13.8. The van der Waals surface area contributed by atoms with Crippen LogP contribution in [-0.4, -0.2) is 130 Å². The summed E-state index contributed by atoms with van der Waals surface area (Å²) in [5.41, 5.74) is -3.17. The largest absolute Gasteiger partial charge is 0.397 e. The third kappa shape index (κ3) is 6.86. The van der Waals surface area contributed by atoms with Crippen LogP contribution in [0.5, 0.6) is 0 Å². The van der Waals surface area contributed by atoms with Crippen molar-refractivity contribution >= 4 is 10.4 Å². The lowest BCUT2D eigenvalue weighted by atomic mass is 9.41. The molecule has 8 N–H and O–H groups in total. The van der Waals surface area contributed by atoms with Gasteiger partial charge in [0.2, 0.25) is 0 Å². The summed E-state index contributed by atoms with van der Waals surface area (Å²) in [6.07, 6.45) is -3.63. The fourth-order valence-electron chi connectivity index (χ4n) is 11.4. The minimum Gasteiger partial charge on any atom is -0.393 e. The molecule has 0 aromatic heterocycles. The molecule has 4 saturated carbocycles. The molecule has 5 fully saturated rings. The summed E-state index contributed by atoms with van der Waals surface area (Å²) in [7, 11) is -3.64. The standard InChI is InChI=1S/C35H60O14S/c1-7-19(18(3)15-47-32-29(49-50(43,44)45)28(46-6)22(37)16-48-32)9-8-17(2)24-26(39)27(40)30-34(24,5)13-11-23-33(4)12-10-20(36)14-21(33)25(38)31(41)35(23,30)42/h8-9,17-32,36-42H,7,10-16H2,1-6H3,(H,43,44,45)/b9-8+/t17-,18-,19-,20+,21?,22-,23?,24+,25-,26-,27?,28?,29?,30?,31-,32-,33+,34-,35+/m1/s1. The first kappa shape index (κ1) is 40.4. The summed E-state index contributed by atoms with van der Waals surface area (Å²) >= 11 is 0. The number of allylic oxidation sites excluding steroid dienone is 2. The first-order valence-electron chi connectivity index (χ1n) is 18.2. The minimum atomic E-state index is -4.91. The molecular weight excluding hydrogens is 676 g/mol. The highest BCUT2D eigenvalue weighted by Crippen LogP contribution is 2.69. The number of fused-ring (bicyclic) bond motifs is 5. The van der Waals surface area contributed by atoms with Gasteiger partial charge in [0.1, 0.15) is 23.9 Å². The summed E-state index contributed by atoms with van der Waals surface area (Å²) in [6.45, 7) is 9.82. The first-order valence-corrected chi connectivity index (χ1v) is 19.5. The van der Waals surface area contributed by atoms with Gasteiger partial charge >= 0.3 is 10.4 Å². The Morgan fingerprint density at radius 3 is 2.22 bits per heavy atom. The molecule has 15 heteroatoms. The summed E-state index contributed by atoms with van der Waals surface area (Å²) in [6, 6.07) is 0. The van der Waals surface area contributed by atoms with E-state index >= 15 is 0 Å². The SMILES string of the molecule is CC[C@H](/C=C/[C@@H](C)[C@H]1[C@@H](O)C(O)C2[C@@]3(O)C(CC[C@@]21C)[C@@]1(C)CC[C@H](O)CC1[C@@H](O)[C@H]3O)[C@H](C)CO[C@@H]1OC[C@@H](O)C(OC)C1OS(=O)(=O)O. The fourth-order valence-corrected chi connectivity index (χ4v) is 11.8. The van der Waals surface area contributed by atoms with E-state index in [2.05, 4.69) is 0 Å². The second-order valence-electron chi connectivity index (χ2n) is 16.5. The average Bonchev–Trinajstić information content (AvgIpc) is 3.25. The highest BCUT2D eigenvalue weighted by atomic mass is 32.3. The molecule has 4 aliphatic carbocycles. The van der Waals surface area contributed by atoms with Gasteiger partial charge in [-0.1, -0.05) is 46.8 Å². The van der Waals surface area contributed by atoms with E-state index in [1.807, 2.05) is 46.8 Å². The van der Waals surface area contributed by atoms with Crippen molar-refractivity contribution in [1.82, 2.24) is 0 Å². The third-order valence-corrected chi connectivity index (χ3v) is 14.3. The van der Waals surface area contributed by atoms with Gasteiger partial charge in [-0.2, -0.15) is 8.42 Å². The normalized spacial score (nSPS) is 49.9. The maximum atomic E-state index is 12.6. The molecule has 1 saturated heterocycles. The maximum absolute atomic E-state index is 12.6. The first-order chi connectivity index (χ1) is 23.3. The minimum absolute atomic E-state index is 0.0355. The summed E-state index contributed by atoms with van der Waals surface area (Å²) in [5, 5.41) is 79.5. The Labute approximate surface area is 295 Å². The van der Waals surface area contributed by atoms with Crippen molar-refractivity contribution in [2.45, 2.75) is 134 Å². The van der Waals surface area contributed by atoms with Crippen LogP contribution in [-0.2, 0) is 28.8 Å². The molecule has 0 aromatic rings. The molecule has 5 rings (SSSR count). The van der Waals surface area contributed by atoms with Gasteiger partial charge in [-0.25, -0.2) is 4.18 Å². The van der Waals surface area contributed by atoms with E-state index in [1.165, 1.54) is 7.11 Å². The molecule has 0 amide bonds. The van der Waals surface area contributed by atoms with Crippen molar-refractivity contribution in [2.75, 3.05) is 20.3 Å². The molecule has 50 heavy (non-hydrogen) atoms. The highest BCUT2D eigenvalue weighted by molar-refractivity contribution is 7.80. The molecule has 5 aliphatic rings. The van der Waals surface area contributed by atoms with Gasteiger partial charge in [0.15, 0.2) is 12.4 Å². The van der Waals surface area contributed by atoms with Crippen LogP contribution in [0.2, 0.25) is 0 Å². The van der Waals surface area contributed by atoms with Crippen LogP contribution < -0.4 is 0 Å². The highest BCUT2D eigenvalue weighted by Gasteiger charge is 2.75. The van der Waals surface area contributed by atoms with Gasteiger partial charge in [-0.05, 0) is 84.9 Å². The monoisotopic (exact) mass is 736 g/mol. The van der Waals surface area contributed by atoms with Crippen LogP contribution in [0, 0.1) is 52.3 Å². The Kier molecular flexibility index (Phi) is 12.0. The van der Waals surface area contributed by atoms with Crippen molar-refractivity contribution in [3.63, 3.8) is 0 Å². The quantitative estimate of drug-likeness (QED) is 0.108. The van der Waals surface area contributed by atoms with Crippen LogP contribution in [0.3, 0.4) is 0 Å². The molecule has 14 nitrogen and oxygen atoms in total. The molecular formula is C35H60O14S. The molecule has 1 aliphatic heterocycles. The maximum Gasteiger partial charge on any atom is 0.397 e. The zero-order valence-corrected chi connectivity index (χ0v) is 30.8. The predicted octanol–water partition coefficient (Wildman–Crippen LogP) is 0.796. The molecule has 0 bridgehead atoms. The lowest BCUT2D eigenvalue weighted by Gasteiger charge is -2.67. The van der Waals surface area contributed by atoms with Gasteiger partial charge in [-0.3, -0.25) is 4.55 Å². The van der Waals surface area contributed by atoms with Crippen molar-refractivity contribution in [1.29, 1.82) is 0 Å². The van der Waals surface area contributed by atoms with Gasteiger partial charge in [0, 0.05) is 13.0 Å². The number of aliphatic hydroxyl groups excluding tert-OH is 6. The van der Waals surface area contributed by atoms with E-state index in [-0.39, 0.29) is 31.0 Å². The molecule has 6 unspecified atom stereocenters. The number of rotatable bonds is 11. The van der Waals surface area contributed by atoms with Crippen LogP contribution in [0.25, 0.3) is 0 Å². The number of methoxy groups -OCH3 is 1. The fraction of sp³-hybridized carbons (Fsp3) is 0.943. The zero-order valence-electron chi connectivity index (χ0n) is 30.0. The lowest BCUT2D eigenvalue weighted by Crippen LogP contribution is -2.75. The van der Waals surface area contributed by atoms with Crippen molar-refractivity contribution in [3.8, 4) is 0 Å². The second-order valence-corrected chi connectivity index (χ2v) is 17.6.